The van der Waals surface area contributed by atoms with Gasteiger partial charge in [0.05, 0.1) is 36.6 Å². The predicted molar refractivity (Wildman–Crippen MR) is 286 cm³/mol. The van der Waals surface area contributed by atoms with E-state index >= 15 is 8.78 Å². The monoisotopic (exact) mass is 1110 g/mol. The van der Waals surface area contributed by atoms with Crippen LogP contribution < -0.4 is 36.3 Å². The number of anilines is 2. The van der Waals surface area contributed by atoms with E-state index in [1.165, 1.54) is 38.5 Å². The van der Waals surface area contributed by atoms with Crippen molar-refractivity contribution in [3.8, 4) is 11.5 Å². The molecule has 3 N–H and O–H groups in total. The predicted octanol–water partition coefficient (Wildman–Crippen LogP) is 8.86. The number of fused-ring (bicyclic) bond motifs is 2. The Morgan fingerprint density at radius 1 is 0.680 bits per heavy atom. The molecule has 18 nitrogen and oxygen atoms in total. The molecule has 2 aliphatic heterocycles. The zero-order valence-corrected chi connectivity index (χ0v) is 46.7. The van der Waals surface area contributed by atoms with Gasteiger partial charge in [-0.05, 0) is 143 Å². The third-order valence-electron chi connectivity index (χ3n) is 13.7. The number of aryl methyl sites for hydroxylation is 2. The number of carbonyl (C=O) groups is 4. The number of alkyl halides is 1. The second-order valence-corrected chi connectivity index (χ2v) is 22.4. The minimum Gasteiger partial charge on any atom is -0.507 e. The van der Waals surface area contributed by atoms with Crippen LogP contribution in [0.4, 0.5) is 29.7 Å². The van der Waals surface area contributed by atoms with Gasteiger partial charge in [0.1, 0.15) is 39.7 Å². The molecular formula is C54H73BrF2N6O12. The van der Waals surface area contributed by atoms with Gasteiger partial charge < -0.3 is 58.4 Å². The van der Waals surface area contributed by atoms with Crippen LogP contribution >= 0.6 is 15.9 Å². The lowest BCUT2D eigenvalue weighted by molar-refractivity contribution is -0.143. The van der Waals surface area contributed by atoms with E-state index in [1.54, 1.807) is 9.13 Å². The number of aromatic hydroxyl groups is 1. The van der Waals surface area contributed by atoms with Gasteiger partial charge in [0.15, 0.2) is 6.61 Å². The number of hydrogen-bond acceptors (Lipinski definition) is 14. The summed E-state index contributed by atoms with van der Waals surface area (Å²) < 4.78 is 59.5. The summed E-state index contributed by atoms with van der Waals surface area (Å²) in [5.74, 6) is -1.48. The number of aromatic nitrogens is 2. The van der Waals surface area contributed by atoms with E-state index < -0.39 is 41.0 Å². The summed E-state index contributed by atoms with van der Waals surface area (Å²) in [5, 5.41) is 17.2. The molecule has 4 heterocycles. The first-order chi connectivity index (χ1) is 35.2. The number of nitrogens with zero attached hydrogens (tertiary/aromatic N) is 4. The van der Waals surface area contributed by atoms with E-state index in [-0.39, 0.29) is 76.5 Å². The van der Waals surface area contributed by atoms with Crippen LogP contribution in [0.25, 0.3) is 21.8 Å². The topological polar surface area (TPSA) is 209 Å². The van der Waals surface area contributed by atoms with Crippen molar-refractivity contribution in [1.29, 1.82) is 0 Å². The number of benzene rings is 2. The second-order valence-electron chi connectivity index (χ2n) is 21.8. The average molecular weight is 1120 g/mol. The van der Waals surface area contributed by atoms with Crippen LogP contribution in [-0.4, -0.2) is 114 Å². The molecule has 0 radical (unpaired) electrons. The van der Waals surface area contributed by atoms with Gasteiger partial charge in [-0.15, -0.1) is 0 Å². The third-order valence-corrected chi connectivity index (χ3v) is 14.1. The Labute approximate surface area is 444 Å². The maximum Gasteiger partial charge on any atom is 0.407 e. The highest BCUT2D eigenvalue weighted by molar-refractivity contribution is 9.09. The summed E-state index contributed by atoms with van der Waals surface area (Å²) in [6.45, 7) is 20.4. The summed E-state index contributed by atoms with van der Waals surface area (Å²) in [6, 6.07) is 5.09. The highest BCUT2D eigenvalue weighted by Gasteiger charge is 2.36. The van der Waals surface area contributed by atoms with Crippen LogP contribution in [0, 0.1) is 37.3 Å². The SMILES string of the molecule is COC(=O)CBr.COC(=O)COc1cc(=O)n(C2CC2)c2c(C)c(N3CC[C@@H]([C@H](C)NC(=O)OC(C)(C)C)C3)c(F)cc12.Cc1c(N2CC[C@@H]([C@H](C)NC(=O)OC(C)(C)C)C2)c(F)cc2c(O)cc(=O)n(C3CC3)c12. The largest absolute Gasteiger partial charge is 0.507 e. The van der Waals surface area contributed by atoms with Crippen molar-refractivity contribution in [2.24, 2.45) is 11.8 Å². The van der Waals surface area contributed by atoms with E-state index in [1.807, 2.05) is 79.0 Å². The molecule has 75 heavy (non-hydrogen) atoms. The average Bonchev–Trinajstić information content (AvgIpc) is 4.24. The molecule has 2 aliphatic carbocycles. The Balaban J connectivity index is 0.000000222. The number of nitrogens with one attached hydrogen (secondary N) is 2. The smallest absolute Gasteiger partial charge is 0.407 e. The first-order valence-corrected chi connectivity index (χ1v) is 26.6. The second kappa shape index (κ2) is 23.8. The zero-order valence-electron chi connectivity index (χ0n) is 45.1. The van der Waals surface area contributed by atoms with Gasteiger partial charge in [-0.3, -0.25) is 14.4 Å². The molecule has 4 fully saturated rings. The number of rotatable bonds is 12. The lowest BCUT2D eigenvalue weighted by atomic mass is 10.0. The zero-order chi connectivity index (χ0) is 55.4. The number of esters is 2. The van der Waals surface area contributed by atoms with Gasteiger partial charge in [0.2, 0.25) is 0 Å². The highest BCUT2D eigenvalue weighted by atomic mass is 79.9. The van der Waals surface area contributed by atoms with Crippen LogP contribution in [0.1, 0.15) is 117 Å². The fraction of sp³-hybridized carbons (Fsp3) is 0.593. The van der Waals surface area contributed by atoms with E-state index in [2.05, 4.69) is 36.0 Å². The van der Waals surface area contributed by atoms with Gasteiger partial charge in [-0.25, -0.2) is 23.2 Å². The molecule has 0 spiro atoms. The number of hydrogen-bond donors (Lipinski definition) is 3. The van der Waals surface area contributed by atoms with Gasteiger partial charge in [-0.1, -0.05) is 15.9 Å². The van der Waals surface area contributed by atoms with E-state index in [9.17, 15) is 33.9 Å². The van der Waals surface area contributed by atoms with Crippen molar-refractivity contribution in [2.45, 2.75) is 143 Å². The Hall–Kier alpha value is -6.12. The molecule has 2 saturated carbocycles. The Morgan fingerprint density at radius 2 is 1.09 bits per heavy atom. The molecule has 4 aliphatic rings. The molecule has 0 unspecified atom stereocenters. The van der Waals surface area contributed by atoms with E-state index in [0.717, 1.165) is 38.5 Å². The highest BCUT2D eigenvalue weighted by Crippen LogP contribution is 2.44. The minimum atomic E-state index is -0.592. The number of methoxy groups -OCH3 is 2. The molecule has 412 valence electrons. The van der Waals surface area contributed by atoms with Crippen molar-refractivity contribution in [2.75, 3.05) is 62.1 Å². The summed E-state index contributed by atoms with van der Waals surface area (Å²) in [6.07, 6.45) is 4.21. The number of amides is 2. The van der Waals surface area contributed by atoms with Gasteiger partial charge in [-0.2, -0.15) is 0 Å². The quantitative estimate of drug-likeness (QED) is 0.0688. The normalized spacial score (nSPS) is 18.3. The summed E-state index contributed by atoms with van der Waals surface area (Å²) >= 11 is 2.90. The third kappa shape index (κ3) is 14.4. The van der Waals surface area contributed by atoms with Crippen molar-refractivity contribution < 1.29 is 56.7 Å². The van der Waals surface area contributed by atoms with Crippen molar-refractivity contribution in [1.82, 2.24) is 19.8 Å². The fourth-order valence-corrected chi connectivity index (χ4v) is 10.0. The lowest BCUT2D eigenvalue weighted by Gasteiger charge is -2.27. The molecule has 21 heteroatoms. The van der Waals surface area contributed by atoms with Crippen LogP contribution in [-0.2, 0) is 28.5 Å². The number of halogens is 3. The molecule has 2 aromatic heterocycles. The lowest BCUT2D eigenvalue weighted by Crippen LogP contribution is -2.42. The standard InChI is InChI=1S/C27H36FN3O6.C24H32FN3O4.C3H5BrO2/c1-15-24-19(21(36-14-23(33)35-6)12-22(32)31(24)18-7-8-18)11-20(28)25(15)30-10-9-17(13-30)16(2)29-26(34)37-27(3,4)5;1-13-21-17(19(29)11-20(30)28(21)16-6-7-16)10-18(25)22(13)27-9-8-15(12-27)14(2)26-23(31)32-24(3,4)5;1-6-3(5)2-4/h11-12,16-18H,7-10,13-14H2,1-6H3,(H,29,34);10-11,14-16,29H,6-9,12H2,1-5H3,(H,26,31);2H2,1H3/t16-,17+;14-,15+;/m00./s1. The van der Waals surface area contributed by atoms with Crippen LogP contribution in [0.3, 0.4) is 0 Å². The Morgan fingerprint density at radius 3 is 1.48 bits per heavy atom. The molecule has 8 rings (SSSR count). The maximum atomic E-state index is 15.7. The van der Waals surface area contributed by atoms with E-state index in [0.29, 0.717) is 70.5 Å². The number of ether oxygens (including phenoxy) is 5. The van der Waals surface area contributed by atoms with Gasteiger partial charge >= 0.3 is 24.1 Å². The number of alkyl carbamates (subject to hydrolysis) is 2. The molecule has 2 amide bonds. The van der Waals surface area contributed by atoms with Crippen LogP contribution in [0.15, 0.2) is 33.9 Å². The fourth-order valence-electron chi connectivity index (χ4n) is 9.82. The van der Waals surface area contributed by atoms with Gasteiger partial charge in [0.25, 0.3) is 11.1 Å². The Kier molecular flexibility index (Phi) is 18.5. The Bertz CT molecular complexity index is 2900. The first-order valence-electron chi connectivity index (χ1n) is 25.4. The summed E-state index contributed by atoms with van der Waals surface area (Å²) in [4.78, 5) is 75.5. The molecule has 4 aromatic rings. The first kappa shape index (κ1) is 58.1. The summed E-state index contributed by atoms with van der Waals surface area (Å²) in [5.41, 5.74) is 1.78. The number of carbonyl (C=O) groups excluding carboxylic acids is 4. The van der Waals surface area contributed by atoms with Crippen LogP contribution in [0.2, 0.25) is 0 Å². The molecule has 0 bridgehead atoms. The molecule has 2 saturated heterocycles. The van der Waals surface area contributed by atoms with Crippen molar-refractivity contribution in [3.63, 3.8) is 0 Å². The van der Waals surface area contributed by atoms with E-state index in [4.69, 9.17) is 14.2 Å². The molecule has 2 aromatic carbocycles. The van der Waals surface area contributed by atoms with Crippen molar-refractivity contribution in [3.05, 3.63) is 67.7 Å². The summed E-state index contributed by atoms with van der Waals surface area (Å²) in [7, 11) is 2.60. The van der Waals surface area contributed by atoms with Crippen LogP contribution in [0.5, 0.6) is 11.5 Å². The molecular weight excluding hydrogens is 1040 g/mol. The minimum absolute atomic E-state index is 0.0612. The van der Waals surface area contributed by atoms with Crippen molar-refractivity contribution >= 4 is 73.2 Å². The van der Waals surface area contributed by atoms with Gasteiger partial charge in [0, 0.05) is 73.3 Å². The molecule has 4 atom stereocenters. The maximum absolute atomic E-state index is 15.7. The number of pyridine rings is 2.